The van der Waals surface area contributed by atoms with Gasteiger partial charge in [0.25, 0.3) is 5.91 Å². The number of hydrogen-bond donors (Lipinski definition) is 1. The van der Waals surface area contributed by atoms with Crippen molar-refractivity contribution in [3.63, 3.8) is 0 Å². The highest BCUT2D eigenvalue weighted by molar-refractivity contribution is 6.35. The second-order valence-corrected chi connectivity index (χ2v) is 7.58. The predicted molar refractivity (Wildman–Crippen MR) is 97.3 cm³/mol. The Balaban J connectivity index is 1.98. The van der Waals surface area contributed by atoms with E-state index in [0.717, 1.165) is 24.2 Å². The van der Waals surface area contributed by atoms with Crippen molar-refractivity contribution < 1.29 is 4.79 Å². The molecule has 1 aliphatic rings. The van der Waals surface area contributed by atoms with E-state index in [9.17, 15) is 4.79 Å². The number of carbonyl (C=O) groups excluding carboxylic acids is 1. The highest BCUT2D eigenvalue weighted by atomic mass is 35.5. The van der Waals surface area contributed by atoms with E-state index < -0.39 is 0 Å². The SMILES string of the molecule is CC(C)[C@@H](C)NC(=O)c1cnn(-c2ccc(Cl)cc2Cl)c1C1CC1. The van der Waals surface area contributed by atoms with Gasteiger partial charge in [0, 0.05) is 17.0 Å². The molecule has 6 heteroatoms. The van der Waals surface area contributed by atoms with Gasteiger partial charge < -0.3 is 5.32 Å². The summed E-state index contributed by atoms with van der Waals surface area (Å²) in [5, 5.41) is 8.60. The summed E-state index contributed by atoms with van der Waals surface area (Å²) < 4.78 is 1.78. The molecule has 0 radical (unpaired) electrons. The maximum Gasteiger partial charge on any atom is 0.255 e. The van der Waals surface area contributed by atoms with E-state index in [1.165, 1.54) is 0 Å². The molecule has 3 rings (SSSR count). The smallest absolute Gasteiger partial charge is 0.255 e. The number of nitrogens with one attached hydrogen (secondary N) is 1. The molecule has 1 aliphatic carbocycles. The molecule has 0 bridgehead atoms. The van der Waals surface area contributed by atoms with Gasteiger partial charge in [-0.2, -0.15) is 5.10 Å². The molecule has 1 fully saturated rings. The summed E-state index contributed by atoms with van der Waals surface area (Å²) in [5.41, 5.74) is 2.32. The molecule has 1 aromatic heterocycles. The van der Waals surface area contributed by atoms with Crippen molar-refractivity contribution in [3.8, 4) is 5.69 Å². The molecule has 0 unspecified atom stereocenters. The standard InChI is InChI=1S/C18H21Cl2N3O/c1-10(2)11(3)22-18(24)14-9-21-23(17(14)12-4-5-12)16-7-6-13(19)8-15(16)20/h6-12H,4-5H2,1-3H3,(H,22,24)/t11-/m1/s1. The molecular formula is C18H21Cl2N3O. The molecule has 0 aliphatic heterocycles. The van der Waals surface area contributed by atoms with Gasteiger partial charge in [0.2, 0.25) is 0 Å². The van der Waals surface area contributed by atoms with Crippen LogP contribution in [-0.2, 0) is 0 Å². The number of rotatable bonds is 5. The van der Waals surface area contributed by atoms with Gasteiger partial charge in [-0.25, -0.2) is 4.68 Å². The Morgan fingerprint density at radius 2 is 2.00 bits per heavy atom. The van der Waals surface area contributed by atoms with E-state index in [1.807, 2.05) is 13.0 Å². The van der Waals surface area contributed by atoms with Crippen molar-refractivity contribution in [2.75, 3.05) is 0 Å². The van der Waals surface area contributed by atoms with Gasteiger partial charge in [-0.3, -0.25) is 4.79 Å². The lowest BCUT2D eigenvalue weighted by atomic mass is 10.1. The van der Waals surface area contributed by atoms with Gasteiger partial charge in [0.15, 0.2) is 0 Å². The minimum Gasteiger partial charge on any atom is -0.349 e. The molecule has 1 N–H and O–H groups in total. The van der Waals surface area contributed by atoms with Crippen LogP contribution < -0.4 is 5.32 Å². The van der Waals surface area contributed by atoms with Gasteiger partial charge in [0.05, 0.1) is 28.2 Å². The van der Waals surface area contributed by atoms with Crippen LogP contribution in [0.15, 0.2) is 24.4 Å². The molecule has 1 saturated carbocycles. The average molecular weight is 366 g/mol. The first kappa shape index (κ1) is 17.3. The molecule has 1 amide bonds. The van der Waals surface area contributed by atoms with E-state index in [0.29, 0.717) is 27.4 Å². The third-order valence-corrected chi connectivity index (χ3v) is 5.05. The molecule has 4 nitrogen and oxygen atoms in total. The summed E-state index contributed by atoms with van der Waals surface area (Å²) in [4.78, 5) is 12.7. The second kappa shape index (κ2) is 6.77. The fraction of sp³-hybridized carbons (Fsp3) is 0.444. The van der Waals surface area contributed by atoms with E-state index in [2.05, 4.69) is 24.3 Å². The van der Waals surface area contributed by atoms with Gasteiger partial charge in [-0.05, 0) is 43.9 Å². The maximum absolute atomic E-state index is 12.7. The average Bonchev–Trinajstić information content (AvgIpc) is 3.26. The van der Waals surface area contributed by atoms with E-state index in [4.69, 9.17) is 23.2 Å². The fourth-order valence-corrected chi connectivity index (χ4v) is 3.07. The van der Waals surface area contributed by atoms with Crippen LogP contribution in [0, 0.1) is 5.92 Å². The van der Waals surface area contributed by atoms with Gasteiger partial charge in [-0.1, -0.05) is 37.0 Å². The Labute approximate surface area is 152 Å². The lowest BCUT2D eigenvalue weighted by Gasteiger charge is -2.17. The van der Waals surface area contributed by atoms with E-state index >= 15 is 0 Å². The summed E-state index contributed by atoms with van der Waals surface area (Å²) in [5.74, 6) is 0.655. The Bertz CT molecular complexity index is 766. The quantitative estimate of drug-likeness (QED) is 0.824. The van der Waals surface area contributed by atoms with E-state index in [1.54, 1.807) is 23.0 Å². The third-order valence-electron chi connectivity index (χ3n) is 4.51. The maximum atomic E-state index is 12.7. The topological polar surface area (TPSA) is 46.9 Å². The lowest BCUT2D eigenvalue weighted by molar-refractivity contribution is 0.0929. The van der Waals surface area contributed by atoms with Gasteiger partial charge in [-0.15, -0.1) is 0 Å². The van der Waals surface area contributed by atoms with Gasteiger partial charge in [0.1, 0.15) is 0 Å². The normalized spacial score (nSPS) is 15.6. The molecule has 24 heavy (non-hydrogen) atoms. The van der Waals surface area contributed by atoms with Crippen LogP contribution in [0.3, 0.4) is 0 Å². The van der Waals surface area contributed by atoms with Crippen molar-refractivity contribution in [1.29, 1.82) is 0 Å². The number of aromatic nitrogens is 2. The summed E-state index contributed by atoms with van der Waals surface area (Å²) in [6.45, 7) is 6.19. The molecular weight excluding hydrogens is 345 g/mol. The van der Waals surface area contributed by atoms with E-state index in [-0.39, 0.29) is 11.9 Å². The van der Waals surface area contributed by atoms with Crippen LogP contribution >= 0.6 is 23.2 Å². The largest absolute Gasteiger partial charge is 0.349 e. The molecule has 1 aromatic carbocycles. The van der Waals surface area contributed by atoms with Crippen molar-refractivity contribution in [3.05, 3.63) is 45.7 Å². The molecule has 1 heterocycles. The van der Waals surface area contributed by atoms with Crippen molar-refractivity contribution in [2.24, 2.45) is 5.92 Å². The van der Waals surface area contributed by atoms with Crippen LogP contribution in [0.25, 0.3) is 5.69 Å². The lowest BCUT2D eigenvalue weighted by Crippen LogP contribution is -2.36. The predicted octanol–water partition coefficient (Wildman–Crippen LogP) is 4.83. The number of nitrogens with zero attached hydrogens (tertiary/aromatic N) is 2. The van der Waals surface area contributed by atoms with Crippen molar-refractivity contribution in [1.82, 2.24) is 15.1 Å². The summed E-state index contributed by atoms with van der Waals surface area (Å²) in [7, 11) is 0. The highest BCUT2D eigenvalue weighted by Gasteiger charge is 2.33. The highest BCUT2D eigenvalue weighted by Crippen LogP contribution is 2.43. The fourth-order valence-electron chi connectivity index (χ4n) is 2.58. The monoisotopic (exact) mass is 365 g/mol. The zero-order valence-electron chi connectivity index (χ0n) is 14.0. The van der Waals surface area contributed by atoms with Crippen LogP contribution in [-0.4, -0.2) is 21.7 Å². The Kier molecular flexibility index (Phi) is 4.88. The van der Waals surface area contributed by atoms with Crippen molar-refractivity contribution >= 4 is 29.1 Å². The van der Waals surface area contributed by atoms with Crippen LogP contribution in [0.2, 0.25) is 10.0 Å². The number of halogens is 2. The van der Waals surface area contributed by atoms with Crippen molar-refractivity contribution in [2.45, 2.75) is 45.6 Å². The Morgan fingerprint density at radius 3 is 2.58 bits per heavy atom. The molecule has 2 aromatic rings. The first-order chi connectivity index (χ1) is 11.4. The van der Waals surface area contributed by atoms with Crippen LogP contribution in [0.5, 0.6) is 0 Å². The number of hydrogen-bond acceptors (Lipinski definition) is 2. The summed E-state index contributed by atoms with van der Waals surface area (Å²) >= 11 is 12.3. The minimum absolute atomic E-state index is 0.0746. The number of amides is 1. The first-order valence-corrected chi connectivity index (χ1v) is 8.98. The van der Waals surface area contributed by atoms with Crippen LogP contribution in [0.4, 0.5) is 0 Å². The zero-order chi connectivity index (χ0) is 17.4. The summed E-state index contributed by atoms with van der Waals surface area (Å²) in [6.07, 6.45) is 3.77. The molecule has 128 valence electrons. The minimum atomic E-state index is -0.0746. The summed E-state index contributed by atoms with van der Waals surface area (Å²) in [6, 6.07) is 5.41. The Morgan fingerprint density at radius 1 is 1.29 bits per heavy atom. The zero-order valence-corrected chi connectivity index (χ0v) is 15.5. The number of benzene rings is 1. The third kappa shape index (κ3) is 3.45. The molecule has 0 spiro atoms. The number of carbonyl (C=O) groups is 1. The molecule has 0 saturated heterocycles. The second-order valence-electron chi connectivity index (χ2n) is 6.73. The Hall–Kier alpha value is -1.52. The first-order valence-electron chi connectivity index (χ1n) is 8.22. The van der Waals surface area contributed by atoms with Gasteiger partial charge >= 0.3 is 0 Å². The molecule has 1 atom stereocenters. The van der Waals surface area contributed by atoms with Crippen LogP contribution in [0.1, 0.15) is 55.6 Å².